The Kier molecular flexibility index (Phi) is 7.77. The van der Waals surface area contributed by atoms with Gasteiger partial charge < -0.3 is 19.1 Å². The van der Waals surface area contributed by atoms with Crippen molar-refractivity contribution in [1.82, 2.24) is 19.9 Å². The number of rotatable bonds is 2. The van der Waals surface area contributed by atoms with Gasteiger partial charge in [-0.05, 0) is 62.8 Å². The van der Waals surface area contributed by atoms with E-state index in [4.69, 9.17) is 9.26 Å². The molecule has 2 aliphatic rings. The summed E-state index contributed by atoms with van der Waals surface area (Å²) in [6, 6.07) is 11.8. The highest BCUT2D eigenvalue weighted by molar-refractivity contribution is 6.01. The highest BCUT2D eigenvalue weighted by atomic mass is 16.5. The Bertz CT molecular complexity index is 1260. The fourth-order valence-corrected chi connectivity index (χ4v) is 5.80. The van der Waals surface area contributed by atoms with Crippen molar-refractivity contribution in [2.75, 3.05) is 33.3 Å². The molecule has 3 aromatic rings. The number of aromatic nitrogens is 2. The van der Waals surface area contributed by atoms with Crippen LogP contribution in [0.1, 0.15) is 60.2 Å². The number of aryl methyl sites for hydroxylation is 2. The summed E-state index contributed by atoms with van der Waals surface area (Å²) in [6.45, 7) is 3.82. The number of pyridine rings is 1. The summed E-state index contributed by atoms with van der Waals surface area (Å²) < 4.78 is 11.5. The van der Waals surface area contributed by atoms with Crippen LogP contribution >= 0.6 is 0 Å². The van der Waals surface area contributed by atoms with Gasteiger partial charge in [0.2, 0.25) is 5.91 Å². The lowest BCUT2D eigenvalue weighted by Gasteiger charge is -2.42. The van der Waals surface area contributed by atoms with Crippen molar-refractivity contribution in [2.24, 2.45) is 5.41 Å². The molecule has 2 aliphatic heterocycles. The number of carbonyl (C=O) groups excluding carboxylic acids is 2. The van der Waals surface area contributed by atoms with Crippen LogP contribution in [0.4, 0.5) is 0 Å². The number of amides is 2. The third-order valence-corrected chi connectivity index (χ3v) is 8.10. The van der Waals surface area contributed by atoms with E-state index in [2.05, 4.69) is 22.3 Å². The third-order valence-electron chi connectivity index (χ3n) is 8.10. The molecule has 5 rings (SSSR count). The van der Waals surface area contributed by atoms with Gasteiger partial charge in [0, 0.05) is 38.1 Å². The van der Waals surface area contributed by atoms with Gasteiger partial charge in [0.15, 0.2) is 0 Å². The molecule has 0 radical (unpaired) electrons. The van der Waals surface area contributed by atoms with Crippen LogP contribution in [0.2, 0.25) is 0 Å². The molecule has 1 aromatic carbocycles. The number of carbonyl (C=O) groups is 2. The van der Waals surface area contributed by atoms with Crippen LogP contribution in [-0.4, -0.2) is 65.0 Å². The molecule has 38 heavy (non-hydrogen) atoms. The number of fused-ring (bicyclic) bond motifs is 1. The van der Waals surface area contributed by atoms with Crippen LogP contribution in [0, 0.1) is 12.3 Å². The molecule has 8 nitrogen and oxygen atoms in total. The second-order valence-corrected chi connectivity index (χ2v) is 10.5. The van der Waals surface area contributed by atoms with Gasteiger partial charge in [0.05, 0.1) is 12.0 Å². The van der Waals surface area contributed by atoms with E-state index in [1.807, 2.05) is 41.1 Å². The number of para-hydroxylation sites is 1. The fourth-order valence-electron chi connectivity index (χ4n) is 5.80. The minimum absolute atomic E-state index is 0.0954. The SMILES string of the molecule is Cc1onc(-c2ccncc2)c1C(=O)N1CCC2(CCCCCc3ccccc3OCCN(C)C2=O)CC1. The number of hydrogen-bond donors (Lipinski definition) is 0. The Morgan fingerprint density at radius 3 is 2.53 bits per heavy atom. The smallest absolute Gasteiger partial charge is 0.259 e. The Balaban J connectivity index is 1.30. The number of piperidine rings is 1. The van der Waals surface area contributed by atoms with E-state index in [1.54, 1.807) is 19.3 Å². The average molecular weight is 517 g/mol. The Hall–Kier alpha value is -3.68. The van der Waals surface area contributed by atoms with Crippen LogP contribution in [0.15, 0.2) is 53.3 Å². The van der Waals surface area contributed by atoms with Crippen LogP contribution < -0.4 is 4.74 Å². The first kappa shape index (κ1) is 25.9. The maximum Gasteiger partial charge on any atom is 0.259 e. The van der Waals surface area contributed by atoms with Crippen LogP contribution in [0.25, 0.3) is 11.3 Å². The average Bonchev–Trinajstić information content (AvgIpc) is 3.34. The summed E-state index contributed by atoms with van der Waals surface area (Å²) in [6.07, 6.45) is 9.59. The minimum atomic E-state index is -0.454. The van der Waals surface area contributed by atoms with E-state index in [9.17, 15) is 9.59 Å². The maximum absolute atomic E-state index is 13.8. The normalized spacial score (nSPS) is 18.6. The van der Waals surface area contributed by atoms with Crippen molar-refractivity contribution >= 4 is 11.8 Å². The van der Waals surface area contributed by atoms with Gasteiger partial charge in [-0.25, -0.2) is 0 Å². The van der Waals surface area contributed by atoms with E-state index in [0.717, 1.165) is 43.4 Å². The van der Waals surface area contributed by atoms with Gasteiger partial charge in [-0.2, -0.15) is 0 Å². The molecule has 0 atom stereocenters. The topological polar surface area (TPSA) is 88.8 Å². The summed E-state index contributed by atoms with van der Waals surface area (Å²) in [7, 11) is 1.87. The highest BCUT2D eigenvalue weighted by Gasteiger charge is 2.43. The molecule has 1 fully saturated rings. The number of ether oxygens (including phenoxy) is 1. The van der Waals surface area contributed by atoms with Crippen molar-refractivity contribution in [3.05, 3.63) is 65.7 Å². The molecule has 0 N–H and O–H groups in total. The molecular weight excluding hydrogens is 480 g/mol. The van der Waals surface area contributed by atoms with Gasteiger partial charge in [0.1, 0.15) is 29.4 Å². The monoisotopic (exact) mass is 516 g/mol. The molecule has 1 spiro atoms. The zero-order chi connectivity index (χ0) is 26.5. The molecule has 0 unspecified atom stereocenters. The zero-order valence-corrected chi connectivity index (χ0v) is 22.3. The van der Waals surface area contributed by atoms with E-state index < -0.39 is 5.41 Å². The summed E-state index contributed by atoms with van der Waals surface area (Å²) in [5.41, 5.74) is 2.60. The maximum atomic E-state index is 13.8. The number of benzene rings is 1. The first-order chi connectivity index (χ1) is 18.5. The van der Waals surface area contributed by atoms with Crippen molar-refractivity contribution in [1.29, 1.82) is 0 Å². The van der Waals surface area contributed by atoms with Crippen molar-refractivity contribution in [3.8, 4) is 17.0 Å². The highest BCUT2D eigenvalue weighted by Crippen LogP contribution is 2.40. The fraction of sp³-hybridized carbons (Fsp3) is 0.467. The Morgan fingerprint density at radius 2 is 1.74 bits per heavy atom. The molecule has 2 amide bonds. The lowest BCUT2D eigenvalue weighted by molar-refractivity contribution is -0.144. The summed E-state index contributed by atoms with van der Waals surface area (Å²) in [5, 5.41) is 4.17. The van der Waals surface area contributed by atoms with Crippen molar-refractivity contribution in [3.63, 3.8) is 0 Å². The molecule has 4 heterocycles. The van der Waals surface area contributed by atoms with Gasteiger partial charge in [-0.3, -0.25) is 14.6 Å². The molecule has 2 aromatic heterocycles. The summed E-state index contributed by atoms with van der Waals surface area (Å²) in [4.78, 5) is 35.2. The predicted molar refractivity (Wildman–Crippen MR) is 144 cm³/mol. The van der Waals surface area contributed by atoms with E-state index in [0.29, 0.717) is 56.1 Å². The molecule has 0 bridgehead atoms. The van der Waals surface area contributed by atoms with Crippen LogP contribution in [-0.2, 0) is 11.2 Å². The standard InChI is InChI=1S/C30H36N4O4/c1-22-26(27(32-38-22)24-11-16-31-17-12-24)28(35)34-18-14-30(15-19-34)13-7-3-4-8-23-9-5-6-10-25(23)37-21-20-33(2)29(30)36/h5-6,9-12,16-17H,3-4,7-8,13-15,18-21H2,1-2H3. The first-order valence-electron chi connectivity index (χ1n) is 13.6. The van der Waals surface area contributed by atoms with Gasteiger partial charge in [-0.15, -0.1) is 0 Å². The summed E-state index contributed by atoms with van der Waals surface area (Å²) in [5.74, 6) is 1.49. The quantitative estimate of drug-likeness (QED) is 0.480. The number of likely N-dealkylation sites (tertiary alicyclic amines) is 1. The number of nitrogens with zero attached hydrogens (tertiary/aromatic N) is 4. The Labute approximate surface area is 224 Å². The van der Waals surface area contributed by atoms with Crippen molar-refractivity contribution < 1.29 is 18.8 Å². The molecule has 0 aliphatic carbocycles. The summed E-state index contributed by atoms with van der Waals surface area (Å²) >= 11 is 0. The van der Waals surface area contributed by atoms with Crippen LogP contribution in [0.5, 0.6) is 5.75 Å². The molecule has 1 saturated heterocycles. The third kappa shape index (κ3) is 5.30. The second kappa shape index (κ2) is 11.4. The minimum Gasteiger partial charge on any atom is -0.491 e. The lowest BCUT2D eigenvalue weighted by Crippen LogP contribution is -2.51. The second-order valence-electron chi connectivity index (χ2n) is 10.5. The first-order valence-corrected chi connectivity index (χ1v) is 13.6. The molecule has 8 heteroatoms. The van der Waals surface area contributed by atoms with Gasteiger partial charge in [-0.1, -0.05) is 36.2 Å². The van der Waals surface area contributed by atoms with Gasteiger partial charge in [0.25, 0.3) is 5.91 Å². The lowest BCUT2D eigenvalue weighted by atomic mass is 9.73. The van der Waals surface area contributed by atoms with Crippen LogP contribution in [0.3, 0.4) is 0 Å². The van der Waals surface area contributed by atoms with Gasteiger partial charge >= 0.3 is 0 Å². The molecular formula is C30H36N4O4. The zero-order valence-electron chi connectivity index (χ0n) is 22.3. The molecule has 0 saturated carbocycles. The van der Waals surface area contributed by atoms with E-state index >= 15 is 0 Å². The predicted octanol–water partition coefficient (Wildman–Crippen LogP) is 4.92. The van der Waals surface area contributed by atoms with E-state index in [1.165, 1.54) is 5.56 Å². The number of hydrogen-bond acceptors (Lipinski definition) is 6. The van der Waals surface area contributed by atoms with Crippen molar-refractivity contribution in [2.45, 2.75) is 51.9 Å². The van der Waals surface area contributed by atoms with E-state index in [-0.39, 0.29) is 11.8 Å². The number of likely N-dealkylation sites (N-methyl/N-ethyl adjacent to an activating group) is 1. The Morgan fingerprint density at radius 1 is 0.974 bits per heavy atom. The molecule has 200 valence electrons. The largest absolute Gasteiger partial charge is 0.491 e.